The van der Waals surface area contributed by atoms with E-state index in [0.717, 1.165) is 26.2 Å². The number of carboxylic acids is 1. The van der Waals surface area contributed by atoms with E-state index in [4.69, 9.17) is 61.3 Å². The van der Waals surface area contributed by atoms with Gasteiger partial charge in [-0.2, -0.15) is 0 Å². The van der Waals surface area contributed by atoms with Crippen molar-refractivity contribution in [1.29, 1.82) is 0 Å². The highest BCUT2D eigenvalue weighted by Crippen LogP contribution is 2.52. The van der Waals surface area contributed by atoms with Crippen LogP contribution in [0.4, 0.5) is 4.39 Å². The number of aromatic nitrogens is 4. The van der Waals surface area contributed by atoms with Crippen molar-refractivity contribution in [2.75, 3.05) is 93.1 Å². The van der Waals surface area contributed by atoms with Crippen LogP contribution in [0.2, 0.25) is 10.0 Å². The number of halogens is 3. The number of hydrogen-bond donors (Lipinski definition) is 2. The zero-order valence-electron chi connectivity index (χ0n) is 42.6. The number of aromatic amines is 1. The zero-order chi connectivity index (χ0) is 53.3. The first-order valence-corrected chi connectivity index (χ1v) is 26.6. The molecular weight excluding hydrogens is 1040 g/mol. The molecule has 3 aromatic heterocycles. The molecule has 2 fully saturated rings. The second-order valence-electron chi connectivity index (χ2n) is 18.7. The number of carbonyl (C=O) groups is 1. The first-order valence-electron chi connectivity index (χ1n) is 25.0. The molecule has 400 valence electrons. The summed E-state index contributed by atoms with van der Waals surface area (Å²) in [5.74, 6) is 0.236. The minimum Gasteiger partial charge on any atom is -0.490 e. The molecule has 1 saturated carbocycles. The fourth-order valence-electron chi connectivity index (χ4n) is 9.26. The number of fused-ring (bicyclic) bond motifs is 1. The molecule has 4 aromatic carbocycles. The Morgan fingerprint density at radius 3 is 2.32 bits per heavy atom. The van der Waals surface area contributed by atoms with Gasteiger partial charge in [0.2, 0.25) is 0 Å². The second kappa shape index (κ2) is 25.3. The van der Waals surface area contributed by atoms with Gasteiger partial charge in [-0.3, -0.25) is 14.5 Å². The molecule has 3 atom stereocenters. The van der Waals surface area contributed by atoms with Gasteiger partial charge in [-0.05, 0) is 98.1 Å². The summed E-state index contributed by atoms with van der Waals surface area (Å²) in [6.07, 6.45) is 2.90. The molecule has 1 aliphatic carbocycles. The van der Waals surface area contributed by atoms with Crippen LogP contribution in [0.15, 0.2) is 90.1 Å². The van der Waals surface area contributed by atoms with Crippen LogP contribution < -0.4 is 24.5 Å². The van der Waals surface area contributed by atoms with Crippen LogP contribution in [0.1, 0.15) is 34.7 Å². The van der Waals surface area contributed by atoms with Gasteiger partial charge in [0.05, 0.1) is 72.0 Å². The van der Waals surface area contributed by atoms with Crippen molar-refractivity contribution >= 4 is 50.7 Å². The Bertz CT molecular complexity index is 3180. The summed E-state index contributed by atoms with van der Waals surface area (Å²) in [5, 5.41) is 10.9. The van der Waals surface area contributed by atoms with Crippen LogP contribution in [-0.4, -0.2) is 140 Å². The third-order valence-electron chi connectivity index (χ3n) is 13.4. The van der Waals surface area contributed by atoms with E-state index in [1.807, 2.05) is 44.2 Å². The number of piperazine rings is 1. The minimum atomic E-state index is -0.879. The highest BCUT2D eigenvalue weighted by Gasteiger charge is 2.46. The number of para-hydroxylation sites is 1. The van der Waals surface area contributed by atoms with E-state index >= 15 is 0 Å². The fraction of sp³-hybridized carbons (Fsp3) is 0.375. The van der Waals surface area contributed by atoms with Gasteiger partial charge in [0.15, 0.2) is 11.6 Å². The van der Waals surface area contributed by atoms with Gasteiger partial charge in [0.1, 0.15) is 53.8 Å². The normalized spacial score (nSPS) is 16.2. The molecule has 1 saturated heterocycles. The smallest absolute Gasteiger partial charge is 0.307 e. The molecule has 20 heteroatoms. The van der Waals surface area contributed by atoms with Crippen molar-refractivity contribution in [1.82, 2.24) is 29.7 Å². The van der Waals surface area contributed by atoms with Gasteiger partial charge in [-0.15, -0.1) is 11.3 Å². The highest BCUT2D eigenvalue weighted by atomic mass is 35.5. The molecule has 0 radical (unpaired) electrons. The van der Waals surface area contributed by atoms with Gasteiger partial charge in [0.25, 0.3) is 5.56 Å². The van der Waals surface area contributed by atoms with Crippen molar-refractivity contribution in [3.05, 3.63) is 134 Å². The molecule has 0 amide bonds. The van der Waals surface area contributed by atoms with Crippen molar-refractivity contribution in [3.8, 4) is 56.0 Å². The van der Waals surface area contributed by atoms with Crippen LogP contribution in [0, 0.1) is 25.6 Å². The van der Waals surface area contributed by atoms with E-state index in [9.17, 15) is 19.1 Å². The molecule has 2 N–H and O–H groups in total. The number of hydrogen-bond acceptors (Lipinski definition) is 15. The predicted octanol–water partition coefficient (Wildman–Crippen LogP) is 9.74. The third-order valence-corrected chi connectivity index (χ3v) is 15.5. The second-order valence-corrected chi connectivity index (χ2v) is 20.4. The summed E-state index contributed by atoms with van der Waals surface area (Å²) in [4.78, 5) is 48.1. The van der Waals surface area contributed by atoms with E-state index < -0.39 is 18.0 Å². The maximum Gasteiger partial charge on any atom is 0.307 e. The SMILES string of the molecule is COCCOCCOCCOc1ccccc1-c1nccc(COc2ccc(OC[C@@H](CN3CCN(C)CC3)Oc3c(Cl)c(C)c(-c4c(-c5ccc(F)cc5)sc5nc[nH]c(=O)c45)c(C)c3Cl)cc2C2C[C@H]2C(=O)O)n1. The molecule has 0 bridgehead atoms. The van der Waals surface area contributed by atoms with E-state index in [-0.39, 0.29) is 46.3 Å². The maximum atomic E-state index is 14.1. The number of aliphatic carboxylic acids is 1. The minimum absolute atomic E-state index is 0.0835. The molecule has 1 unspecified atom stereocenters. The molecule has 7 aromatic rings. The van der Waals surface area contributed by atoms with Gasteiger partial charge in [-0.1, -0.05) is 47.5 Å². The summed E-state index contributed by atoms with van der Waals surface area (Å²) in [6, 6.07) is 20.8. The summed E-state index contributed by atoms with van der Waals surface area (Å²) in [7, 11) is 3.72. The average Bonchev–Trinajstić information content (AvgIpc) is 4.15. The Labute approximate surface area is 453 Å². The number of carboxylic acid groups (broad SMARTS) is 1. The Kier molecular flexibility index (Phi) is 18.2. The lowest BCUT2D eigenvalue weighted by atomic mass is 9.92. The Hall–Kier alpha value is -6.22. The molecule has 76 heavy (non-hydrogen) atoms. The van der Waals surface area contributed by atoms with Crippen molar-refractivity contribution in [3.63, 3.8) is 0 Å². The summed E-state index contributed by atoms with van der Waals surface area (Å²) < 4.78 is 56.1. The highest BCUT2D eigenvalue weighted by molar-refractivity contribution is 7.22. The van der Waals surface area contributed by atoms with Crippen molar-refractivity contribution in [2.24, 2.45) is 5.92 Å². The van der Waals surface area contributed by atoms with Crippen LogP contribution in [-0.2, 0) is 25.6 Å². The van der Waals surface area contributed by atoms with E-state index in [1.54, 1.807) is 43.6 Å². The van der Waals surface area contributed by atoms with Gasteiger partial charge in [-0.25, -0.2) is 19.3 Å². The lowest BCUT2D eigenvalue weighted by Gasteiger charge is -2.35. The molecule has 0 spiro atoms. The summed E-state index contributed by atoms with van der Waals surface area (Å²) in [6.45, 7) is 10.4. The van der Waals surface area contributed by atoms with Crippen LogP contribution >= 0.6 is 34.5 Å². The van der Waals surface area contributed by atoms with E-state index in [0.29, 0.717) is 135 Å². The number of rotatable bonds is 25. The largest absolute Gasteiger partial charge is 0.490 e. The number of thiophene rings is 1. The fourth-order valence-corrected chi connectivity index (χ4v) is 10.9. The first kappa shape index (κ1) is 54.6. The number of methoxy groups -OCH3 is 1. The number of likely N-dealkylation sites (N-methyl/N-ethyl adjacent to an activating group) is 1. The molecule has 4 heterocycles. The topological polar surface area (TPSA) is 180 Å². The van der Waals surface area contributed by atoms with Crippen LogP contribution in [0.5, 0.6) is 23.0 Å². The van der Waals surface area contributed by atoms with Crippen molar-refractivity contribution < 1.29 is 47.4 Å². The molecular formula is C56H59Cl2FN6O10S. The molecule has 2 aliphatic rings. The van der Waals surface area contributed by atoms with Crippen LogP contribution in [0.25, 0.3) is 43.2 Å². The lowest BCUT2D eigenvalue weighted by molar-refractivity contribution is -0.138. The molecule has 9 rings (SSSR count). The monoisotopic (exact) mass is 1100 g/mol. The van der Waals surface area contributed by atoms with Gasteiger partial charge >= 0.3 is 5.97 Å². The predicted molar refractivity (Wildman–Crippen MR) is 290 cm³/mol. The number of ether oxygens (including phenoxy) is 7. The Morgan fingerprint density at radius 1 is 0.868 bits per heavy atom. The quantitative estimate of drug-likeness (QED) is 0.0516. The zero-order valence-corrected chi connectivity index (χ0v) is 44.9. The first-order chi connectivity index (χ1) is 36.9. The number of H-pyrrole nitrogens is 1. The van der Waals surface area contributed by atoms with E-state index in [1.165, 1.54) is 29.8 Å². The van der Waals surface area contributed by atoms with Gasteiger partial charge in [0, 0.05) is 68.0 Å². The van der Waals surface area contributed by atoms with Gasteiger partial charge < -0.3 is 48.1 Å². The Balaban J connectivity index is 0.935. The number of benzene rings is 4. The van der Waals surface area contributed by atoms with Crippen molar-refractivity contribution in [2.45, 2.75) is 38.9 Å². The summed E-state index contributed by atoms with van der Waals surface area (Å²) in [5.41, 5.74) is 4.91. The number of nitrogens with one attached hydrogen (secondary N) is 1. The Morgan fingerprint density at radius 2 is 1.59 bits per heavy atom. The lowest BCUT2D eigenvalue weighted by Crippen LogP contribution is -2.49. The molecule has 16 nitrogen and oxygen atoms in total. The van der Waals surface area contributed by atoms with Crippen LogP contribution in [0.3, 0.4) is 0 Å². The summed E-state index contributed by atoms with van der Waals surface area (Å²) >= 11 is 15.9. The molecule has 1 aliphatic heterocycles. The third kappa shape index (κ3) is 12.9. The van der Waals surface area contributed by atoms with E-state index in [2.05, 4.69) is 31.8 Å². The standard InChI is InChI=1S/C56H59Cl2FN6O10S/c1-33-46(47-48-54(66)61-32-62-55(48)76-52(47)35-9-11-36(59)12-10-35)34(2)50(58)51(49(33)57)75-39(29-65-19-17-64(3)18-20-65)31-73-38-13-14-45(42(27-38)41-28-43(41)56(67)68)74-30-37-15-16-60-53(63-37)40-7-5-6-8-44(40)72-26-25-71-24-23-70-22-21-69-4/h5-16,27,32,39,41,43H,17-26,28-31H2,1-4H3,(H,67,68)(H,61,62,66)/t39-,41?,43-/m1/s1. The average molecular weight is 1100 g/mol. The maximum absolute atomic E-state index is 14.1. The number of nitrogens with zero attached hydrogens (tertiary/aromatic N) is 5.